The quantitative estimate of drug-likeness (QED) is 0.615. The Morgan fingerprint density at radius 1 is 1.04 bits per heavy atom. The fourth-order valence-corrected chi connectivity index (χ4v) is 2.10. The first-order valence-electron chi connectivity index (χ1n) is 7.30. The van der Waals surface area contributed by atoms with Crippen LogP contribution in [0, 0.1) is 11.6 Å². The highest BCUT2D eigenvalue weighted by Gasteiger charge is 2.18. The van der Waals surface area contributed by atoms with Crippen LogP contribution in [0.4, 0.5) is 13.6 Å². The number of rotatable bonds is 5. The van der Waals surface area contributed by atoms with Crippen LogP contribution in [0.5, 0.6) is 0 Å². The van der Waals surface area contributed by atoms with Gasteiger partial charge in [0.25, 0.3) is 5.91 Å². The Hall–Kier alpha value is -3.00. The van der Waals surface area contributed by atoms with Crippen molar-refractivity contribution in [3.63, 3.8) is 0 Å². The second-order valence-electron chi connectivity index (χ2n) is 5.04. The molecular formula is C17H13ClF2N2O4. The van der Waals surface area contributed by atoms with E-state index in [9.17, 15) is 23.2 Å². The third kappa shape index (κ3) is 5.52. The summed E-state index contributed by atoms with van der Waals surface area (Å²) in [6, 6.07) is 9.38. The molecule has 136 valence electrons. The topological polar surface area (TPSA) is 84.5 Å². The van der Waals surface area contributed by atoms with Gasteiger partial charge < -0.3 is 10.1 Å². The highest BCUT2D eigenvalue weighted by molar-refractivity contribution is 6.33. The van der Waals surface area contributed by atoms with Crippen LogP contribution in [0.2, 0.25) is 5.02 Å². The van der Waals surface area contributed by atoms with Crippen LogP contribution in [0.15, 0.2) is 42.5 Å². The van der Waals surface area contributed by atoms with Gasteiger partial charge in [-0.25, -0.2) is 18.4 Å². The van der Waals surface area contributed by atoms with Crippen LogP contribution in [-0.4, -0.2) is 24.5 Å². The molecule has 0 aliphatic rings. The summed E-state index contributed by atoms with van der Waals surface area (Å²) >= 11 is 5.62. The molecule has 0 aliphatic carbocycles. The molecule has 0 saturated heterocycles. The third-order valence-corrected chi connectivity index (χ3v) is 3.43. The van der Waals surface area contributed by atoms with E-state index >= 15 is 0 Å². The second kappa shape index (κ2) is 8.91. The summed E-state index contributed by atoms with van der Waals surface area (Å²) in [5, 5.41) is 4.04. The van der Waals surface area contributed by atoms with Crippen molar-refractivity contribution in [2.75, 3.05) is 6.61 Å². The smallest absolute Gasteiger partial charge is 0.340 e. The average Bonchev–Trinajstić information content (AvgIpc) is 2.62. The van der Waals surface area contributed by atoms with E-state index in [1.807, 2.05) is 11.4 Å². The minimum atomic E-state index is -1.29. The number of hydrogen-bond donors (Lipinski definition) is 2. The van der Waals surface area contributed by atoms with Crippen molar-refractivity contribution in [3.8, 4) is 0 Å². The Morgan fingerprint density at radius 2 is 1.69 bits per heavy atom. The largest absolute Gasteiger partial charge is 0.452 e. The molecule has 0 unspecified atom stereocenters. The average molecular weight is 383 g/mol. The Labute approximate surface area is 152 Å². The number of hydrogen-bond acceptors (Lipinski definition) is 4. The number of ether oxygens (including phenoxy) is 1. The van der Waals surface area contributed by atoms with Crippen LogP contribution in [-0.2, 0) is 16.1 Å². The van der Waals surface area contributed by atoms with Gasteiger partial charge in [0.2, 0.25) is 0 Å². The maximum Gasteiger partial charge on any atom is 0.340 e. The van der Waals surface area contributed by atoms with Gasteiger partial charge >= 0.3 is 12.0 Å². The predicted molar refractivity (Wildman–Crippen MR) is 88.5 cm³/mol. The molecule has 26 heavy (non-hydrogen) atoms. The molecule has 2 N–H and O–H groups in total. The molecule has 0 fully saturated rings. The Balaban J connectivity index is 1.80. The molecule has 3 amide bonds. The summed E-state index contributed by atoms with van der Waals surface area (Å²) < 4.78 is 30.7. The first kappa shape index (κ1) is 19.3. The minimum absolute atomic E-state index is 0.199. The Morgan fingerprint density at radius 3 is 2.38 bits per heavy atom. The van der Waals surface area contributed by atoms with Crippen LogP contribution >= 0.6 is 11.6 Å². The van der Waals surface area contributed by atoms with E-state index in [4.69, 9.17) is 11.6 Å². The lowest BCUT2D eigenvalue weighted by molar-refractivity contribution is -0.123. The SMILES string of the molecule is O=C(COC(=O)c1cc(F)c(F)cc1Cl)NC(=O)NCc1ccccc1. The molecule has 0 radical (unpaired) electrons. The van der Waals surface area contributed by atoms with Gasteiger partial charge in [0.15, 0.2) is 18.2 Å². The second-order valence-corrected chi connectivity index (χ2v) is 5.45. The van der Waals surface area contributed by atoms with E-state index in [2.05, 4.69) is 10.1 Å². The summed E-state index contributed by atoms with van der Waals surface area (Å²) in [5.41, 5.74) is 0.390. The van der Waals surface area contributed by atoms with Crippen molar-refractivity contribution in [1.29, 1.82) is 0 Å². The summed E-state index contributed by atoms with van der Waals surface area (Å²) in [6.07, 6.45) is 0. The number of halogens is 3. The van der Waals surface area contributed by atoms with Gasteiger partial charge in [0.1, 0.15) is 0 Å². The van der Waals surface area contributed by atoms with Gasteiger partial charge in [-0.15, -0.1) is 0 Å². The van der Waals surface area contributed by atoms with E-state index in [0.717, 1.165) is 5.56 Å². The fraction of sp³-hybridized carbons (Fsp3) is 0.118. The van der Waals surface area contributed by atoms with Crippen molar-refractivity contribution in [3.05, 3.63) is 70.2 Å². The van der Waals surface area contributed by atoms with Crippen molar-refractivity contribution in [2.24, 2.45) is 0 Å². The van der Waals surface area contributed by atoms with E-state index in [0.29, 0.717) is 12.1 Å². The molecular weight excluding hydrogens is 370 g/mol. The molecule has 2 aromatic carbocycles. The number of esters is 1. The number of amides is 3. The monoisotopic (exact) mass is 382 g/mol. The molecule has 0 saturated carbocycles. The maximum absolute atomic E-state index is 13.1. The molecule has 0 spiro atoms. The number of benzene rings is 2. The fourth-order valence-electron chi connectivity index (χ4n) is 1.87. The lowest BCUT2D eigenvalue weighted by atomic mass is 10.2. The highest BCUT2D eigenvalue weighted by atomic mass is 35.5. The third-order valence-electron chi connectivity index (χ3n) is 3.11. The van der Waals surface area contributed by atoms with E-state index < -0.39 is 41.7 Å². The highest BCUT2D eigenvalue weighted by Crippen LogP contribution is 2.20. The molecule has 6 nitrogen and oxygen atoms in total. The van der Waals surface area contributed by atoms with Gasteiger partial charge in [-0.05, 0) is 17.7 Å². The zero-order valence-corrected chi connectivity index (χ0v) is 14.0. The molecule has 0 aromatic heterocycles. The lowest BCUT2D eigenvalue weighted by Crippen LogP contribution is -2.41. The molecule has 2 rings (SSSR count). The molecule has 2 aromatic rings. The van der Waals surface area contributed by atoms with Gasteiger partial charge in [-0.2, -0.15) is 0 Å². The first-order chi connectivity index (χ1) is 12.4. The Kier molecular flexibility index (Phi) is 6.62. The normalized spacial score (nSPS) is 10.1. The molecule has 0 bridgehead atoms. The maximum atomic E-state index is 13.1. The molecule has 0 heterocycles. The van der Waals surface area contributed by atoms with Gasteiger partial charge in [-0.1, -0.05) is 41.9 Å². The lowest BCUT2D eigenvalue weighted by Gasteiger charge is -2.08. The van der Waals surface area contributed by atoms with Crippen LogP contribution in [0.25, 0.3) is 0 Å². The van der Waals surface area contributed by atoms with E-state index in [1.54, 1.807) is 24.3 Å². The van der Waals surface area contributed by atoms with Crippen LogP contribution in [0.3, 0.4) is 0 Å². The van der Waals surface area contributed by atoms with Gasteiger partial charge in [0.05, 0.1) is 10.6 Å². The van der Waals surface area contributed by atoms with Crippen LogP contribution < -0.4 is 10.6 Å². The number of carbonyl (C=O) groups excluding carboxylic acids is 3. The van der Waals surface area contributed by atoms with E-state index in [-0.39, 0.29) is 11.6 Å². The Bertz CT molecular complexity index is 831. The van der Waals surface area contributed by atoms with Gasteiger partial charge in [-0.3, -0.25) is 10.1 Å². The van der Waals surface area contributed by atoms with Crippen molar-refractivity contribution < 1.29 is 27.9 Å². The first-order valence-corrected chi connectivity index (χ1v) is 7.68. The number of nitrogens with one attached hydrogen (secondary N) is 2. The molecule has 0 atom stereocenters. The van der Waals surface area contributed by atoms with Gasteiger partial charge in [0, 0.05) is 6.54 Å². The van der Waals surface area contributed by atoms with E-state index in [1.165, 1.54) is 0 Å². The zero-order chi connectivity index (χ0) is 19.1. The summed E-state index contributed by atoms with van der Waals surface area (Å²) in [5.74, 6) is -4.54. The minimum Gasteiger partial charge on any atom is -0.452 e. The summed E-state index contributed by atoms with van der Waals surface area (Å²) in [7, 11) is 0. The van der Waals surface area contributed by atoms with Crippen LogP contribution in [0.1, 0.15) is 15.9 Å². The van der Waals surface area contributed by atoms with Crippen molar-refractivity contribution in [1.82, 2.24) is 10.6 Å². The number of carbonyl (C=O) groups is 3. The molecule has 0 aliphatic heterocycles. The molecule has 9 heteroatoms. The zero-order valence-electron chi connectivity index (χ0n) is 13.2. The number of urea groups is 1. The van der Waals surface area contributed by atoms with Crippen molar-refractivity contribution in [2.45, 2.75) is 6.54 Å². The standard InChI is InChI=1S/C17H13ClF2N2O4/c18-12-7-14(20)13(19)6-11(12)16(24)26-9-15(23)22-17(25)21-8-10-4-2-1-3-5-10/h1-7H,8-9H2,(H2,21,22,23,25). The summed E-state index contributed by atoms with van der Waals surface area (Å²) in [4.78, 5) is 34.9. The number of imide groups is 1. The van der Waals surface area contributed by atoms with Crippen molar-refractivity contribution >= 4 is 29.5 Å². The summed E-state index contributed by atoms with van der Waals surface area (Å²) in [6.45, 7) is -0.600. The predicted octanol–water partition coefficient (Wildman–Crippen LogP) is 2.80.